The molecule has 1 amide bonds. The first-order valence-electron chi connectivity index (χ1n) is 5.46. The van der Waals surface area contributed by atoms with Crippen LogP contribution < -0.4 is 10.9 Å². The second-order valence-corrected chi connectivity index (χ2v) is 3.88. The summed E-state index contributed by atoms with van der Waals surface area (Å²) in [5, 5.41) is 10.3. The van der Waals surface area contributed by atoms with Crippen LogP contribution >= 0.6 is 11.6 Å². The van der Waals surface area contributed by atoms with Crippen LogP contribution in [0.4, 0.5) is 10.6 Å². The van der Waals surface area contributed by atoms with Crippen molar-refractivity contribution in [1.82, 2.24) is 15.4 Å². The molecule has 2 aromatic rings. The number of benzene rings is 1. The molecule has 1 aromatic heterocycles. The van der Waals surface area contributed by atoms with Gasteiger partial charge in [-0.3, -0.25) is 5.43 Å². The molecule has 19 heavy (non-hydrogen) atoms. The number of carbonyl (C=O) groups excluding carboxylic acids is 1. The summed E-state index contributed by atoms with van der Waals surface area (Å²) in [5.41, 5.74) is 5.26. The molecule has 0 fully saturated rings. The van der Waals surface area contributed by atoms with Crippen LogP contribution in [0.2, 0.25) is 5.02 Å². The highest BCUT2D eigenvalue weighted by Crippen LogP contribution is 2.28. The first-order valence-corrected chi connectivity index (χ1v) is 5.83. The lowest BCUT2D eigenvalue weighted by Crippen LogP contribution is -2.30. The Morgan fingerprint density at radius 3 is 3.00 bits per heavy atom. The maximum atomic E-state index is 11.2. The van der Waals surface area contributed by atoms with Gasteiger partial charge in [0.25, 0.3) is 0 Å². The van der Waals surface area contributed by atoms with Gasteiger partial charge in [-0.15, -0.1) is 0 Å². The van der Waals surface area contributed by atoms with Crippen LogP contribution in [0, 0.1) is 0 Å². The summed E-state index contributed by atoms with van der Waals surface area (Å²) < 4.78 is 4.68. The van der Waals surface area contributed by atoms with Crippen LogP contribution in [0.5, 0.6) is 6.01 Å². The number of amides is 1. The van der Waals surface area contributed by atoms with Gasteiger partial charge < -0.3 is 9.84 Å². The van der Waals surface area contributed by atoms with Crippen molar-refractivity contribution in [2.75, 3.05) is 12.0 Å². The number of fused-ring (bicyclic) bond motifs is 1. The predicted octanol–water partition coefficient (Wildman–Crippen LogP) is 2.06. The lowest BCUT2D eigenvalue weighted by Gasteiger charge is -2.10. The van der Waals surface area contributed by atoms with Crippen LogP contribution in [0.25, 0.3) is 10.9 Å². The summed E-state index contributed by atoms with van der Waals surface area (Å²) in [5.74, 6) is 0.182. The quantitative estimate of drug-likeness (QED) is 0.746. The smallest absolute Gasteiger partial charge is 0.425 e. The Bertz CT molecular complexity index is 620. The second-order valence-electron chi connectivity index (χ2n) is 3.48. The third-order valence-corrected chi connectivity index (χ3v) is 2.53. The third-order valence-electron chi connectivity index (χ3n) is 2.22. The van der Waals surface area contributed by atoms with E-state index in [1.54, 1.807) is 25.1 Å². The number of carbonyl (C=O) groups is 1. The van der Waals surface area contributed by atoms with Gasteiger partial charge in [0, 0.05) is 0 Å². The first kappa shape index (κ1) is 13.2. The largest absolute Gasteiger partial charge is 0.479 e. The molecule has 0 aliphatic heterocycles. The number of rotatable bonds is 3. The molecule has 0 saturated heterocycles. The lowest BCUT2D eigenvalue weighted by atomic mass is 10.2. The summed E-state index contributed by atoms with van der Waals surface area (Å²) in [6.45, 7) is 1.92. The molecule has 1 aromatic carbocycles. The normalized spacial score (nSPS) is 10.2. The fraction of sp³-hybridized carbons (Fsp3) is 0.182. The lowest BCUT2D eigenvalue weighted by molar-refractivity contribution is 0.154. The van der Waals surface area contributed by atoms with E-state index in [0.717, 1.165) is 0 Å². The minimum absolute atomic E-state index is 0.182. The van der Waals surface area contributed by atoms with Gasteiger partial charge in [0.05, 0.1) is 22.5 Å². The Labute approximate surface area is 113 Å². The molecule has 1 heterocycles. The number of nitrogens with one attached hydrogen (secondary N) is 2. The Kier molecular flexibility index (Phi) is 3.86. The number of nitrogens with zero attached hydrogens (tertiary/aromatic N) is 2. The molecule has 3 N–H and O–H groups in total. The van der Waals surface area contributed by atoms with Crippen LogP contribution in [0.3, 0.4) is 0 Å². The van der Waals surface area contributed by atoms with Gasteiger partial charge >= 0.3 is 12.1 Å². The van der Waals surface area contributed by atoms with Crippen LogP contribution in [0.1, 0.15) is 6.92 Å². The Morgan fingerprint density at radius 2 is 2.26 bits per heavy atom. The summed E-state index contributed by atoms with van der Waals surface area (Å²) in [6, 6.07) is 4.58. The molecule has 8 heteroatoms. The zero-order valence-corrected chi connectivity index (χ0v) is 10.7. The fourth-order valence-corrected chi connectivity index (χ4v) is 1.76. The second kappa shape index (κ2) is 5.57. The van der Waals surface area contributed by atoms with Crippen molar-refractivity contribution in [3.05, 3.63) is 23.2 Å². The molecule has 0 atom stereocenters. The average molecular weight is 283 g/mol. The molecule has 0 unspecified atom stereocenters. The number of aromatic hydroxyl groups is 1. The van der Waals surface area contributed by atoms with Crippen molar-refractivity contribution in [3.63, 3.8) is 0 Å². The molecule has 0 aliphatic rings. The number of aromatic nitrogens is 2. The van der Waals surface area contributed by atoms with Gasteiger partial charge in [-0.2, -0.15) is 9.97 Å². The molecule has 0 spiro atoms. The number of halogens is 1. The molecule has 0 saturated carbocycles. The highest BCUT2D eigenvalue weighted by molar-refractivity contribution is 6.36. The maximum Gasteiger partial charge on any atom is 0.425 e. The van der Waals surface area contributed by atoms with E-state index in [-0.39, 0.29) is 12.4 Å². The van der Waals surface area contributed by atoms with Gasteiger partial charge in [0.1, 0.15) is 0 Å². The SMILES string of the molecule is CCOC(=O)NNc1nc(O)nc2cccc(Cl)c12. The summed E-state index contributed by atoms with van der Waals surface area (Å²) in [7, 11) is 0. The van der Waals surface area contributed by atoms with Crippen molar-refractivity contribution < 1.29 is 14.6 Å². The van der Waals surface area contributed by atoms with Crippen LogP contribution in [-0.4, -0.2) is 27.8 Å². The van der Waals surface area contributed by atoms with Gasteiger partial charge in [0.15, 0.2) is 5.82 Å². The van der Waals surface area contributed by atoms with Crippen molar-refractivity contribution >= 4 is 34.4 Å². The average Bonchev–Trinajstić information content (AvgIpc) is 2.36. The van der Waals surface area contributed by atoms with Gasteiger partial charge in [0.2, 0.25) is 0 Å². The van der Waals surface area contributed by atoms with E-state index in [4.69, 9.17) is 11.6 Å². The van der Waals surface area contributed by atoms with Crippen molar-refractivity contribution in [1.29, 1.82) is 0 Å². The maximum absolute atomic E-state index is 11.2. The Morgan fingerprint density at radius 1 is 1.47 bits per heavy atom. The molecule has 0 bridgehead atoms. The van der Waals surface area contributed by atoms with Crippen molar-refractivity contribution in [3.8, 4) is 6.01 Å². The van der Waals surface area contributed by atoms with Gasteiger partial charge in [-0.1, -0.05) is 17.7 Å². The number of hydrogen-bond acceptors (Lipinski definition) is 6. The van der Waals surface area contributed by atoms with E-state index in [9.17, 15) is 9.90 Å². The van der Waals surface area contributed by atoms with Crippen molar-refractivity contribution in [2.24, 2.45) is 0 Å². The molecule has 0 aliphatic carbocycles. The predicted molar refractivity (Wildman–Crippen MR) is 70.0 cm³/mol. The molecule has 0 radical (unpaired) electrons. The standard InChI is InChI=1S/C11H11ClN4O3/c1-2-19-11(18)16-15-9-8-6(12)4-3-5-7(8)13-10(17)14-9/h3-5H,2H2,1H3,(H,16,18)(H2,13,14,15,17). The van der Waals surface area contributed by atoms with E-state index < -0.39 is 12.1 Å². The molecular weight excluding hydrogens is 272 g/mol. The molecule has 100 valence electrons. The zero-order valence-electron chi connectivity index (χ0n) is 9.98. The number of hydrazine groups is 1. The summed E-state index contributed by atoms with van der Waals surface area (Å²) in [6.07, 6.45) is -0.666. The highest BCUT2D eigenvalue weighted by atomic mass is 35.5. The van der Waals surface area contributed by atoms with E-state index in [2.05, 4.69) is 25.6 Å². The zero-order chi connectivity index (χ0) is 13.8. The van der Waals surface area contributed by atoms with Crippen LogP contribution in [0.15, 0.2) is 18.2 Å². The van der Waals surface area contributed by atoms with Gasteiger partial charge in [-0.05, 0) is 19.1 Å². The number of ether oxygens (including phenoxy) is 1. The summed E-state index contributed by atoms with van der Waals surface area (Å²) in [4.78, 5) is 18.8. The summed E-state index contributed by atoms with van der Waals surface area (Å²) >= 11 is 6.05. The van der Waals surface area contributed by atoms with E-state index in [1.165, 1.54) is 0 Å². The first-order chi connectivity index (χ1) is 9.11. The Hall–Kier alpha value is -2.28. The van der Waals surface area contributed by atoms with E-state index in [0.29, 0.717) is 15.9 Å². The minimum atomic E-state index is -0.666. The monoisotopic (exact) mass is 282 g/mol. The molecular formula is C11H11ClN4O3. The third kappa shape index (κ3) is 2.94. The molecule has 2 rings (SSSR count). The topological polar surface area (TPSA) is 96.4 Å². The molecule has 7 nitrogen and oxygen atoms in total. The Balaban J connectivity index is 2.34. The van der Waals surface area contributed by atoms with Gasteiger partial charge in [-0.25, -0.2) is 10.2 Å². The number of anilines is 1. The number of hydrogen-bond donors (Lipinski definition) is 3. The fourth-order valence-electron chi connectivity index (χ4n) is 1.50. The minimum Gasteiger partial charge on any atom is -0.479 e. The van der Waals surface area contributed by atoms with E-state index >= 15 is 0 Å². The van der Waals surface area contributed by atoms with Crippen molar-refractivity contribution in [2.45, 2.75) is 6.92 Å². The highest BCUT2D eigenvalue weighted by Gasteiger charge is 2.11. The van der Waals surface area contributed by atoms with E-state index in [1.807, 2.05) is 0 Å². The van der Waals surface area contributed by atoms with Crippen LogP contribution in [-0.2, 0) is 4.74 Å².